The number of rotatable bonds is 4. The fraction of sp³-hybridized carbons (Fsp3) is 0.500. The van der Waals surface area contributed by atoms with Gasteiger partial charge < -0.3 is 4.90 Å². The summed E-state index contributed by atoms with van der Waals surface area (Å²) < 4.78 is 0. The molecule has 0 saturated heterocycles. The molecule has 2 fully saturated rings. The van der Waals surface area contributed by atoms with Crippen molar-refractivity contribution in [2.24, 2.45) is 5.92 Å². The molecule has 90 valence electrons. The number of hydrogen-bond donors (Lipinski definition) is 0. The van der Waals surface area contributed by atoms with Crippen LogP contribution in [0.5, 0.6) is 0 Å². The molecule has 0 aromatic heterocycles. The van der Waals surface area contributed by atoms with Gasteiger partial charge in [-0.3, -0.25) is 4.79 Å². The predicted molar refractivity (Wildman–Crippen MR) is 67.7 cm³/mol. The van der Waals surface area contributed by atoms with E-state index in [0.29, 0.717) is 17.9 Å². The van der Waals surface area contributed by atoms with Gasteiger partial charge in [-0.2, -0.15) is 0 Å². The maximum Gasteiger partial charge on any atom is 0.226 e. The highest BCUT2D eigenvalue weighted by Crippen LogP contribution is 2.36. The molecule has 0 unspecified atom stereocenters. The molecule has 2 aliphatic carbocycles. The van der Waals surface area contributed by atoms with Gasteiger partial charge in [0.15, 0.2) is 0 Å². The average molecular weight is 250 g/mol. The molecule has 3 heteroatoms. The van der Waals surface area contributed by atoms with Crippen LogP contribution in [0.2, 0.25) is 5.02 Å². The maximum absolute atomic E-state index is 12.2. The first-order valence-electron chi connectivity index (χ1n) is 6.29. The van der Waals surface area contributed by atoms with Crippen LogP contribution in [0.3, 0.4) is 0 Å². The summed E-state index contributed by atoms with van der Waals surface area (Å²) in [6.45, 7) is 0.747. The Bertz CT molecular complexity index is 420. The van der Waals surface area contributed by atoms with Gasteiger partial charge in [0.25, 0.3) is 0 Å². The largest absolute Gasteiger partial charge is 0.335 e. The van der Waals surface area contributed by atoms with Gasteiger partial charge in [0.2, 0.25) is 5.91 Å². The van der Waals surface area contributed by atoms with Crippen molar-refractivity contribution in [1.29, 1.82) is 0 Å². The fourth-order valence-electron chi connectivity index (χ4n) is 2.12. The van der Waals surface area contributed by atoms with Gasteiger partial charge in [0, 0.05) is 23.5 Å². The Labute approximate surface area is 107 Å². The third-order valence-electron chi connectivity index (χ3n) is 3.46. The Morgan fingerprint density at radius 1 is 1.18 bits per heavy atom. The van der Waals surface area contributed by atoms with Crippen molar-refractivity contribution in [2.75, 3.05) is 0 Å². The number of halogens is 1. The molecule has 1 amide bonds. The highest BCUT2D eigenvalue weighted by atomic mass is 35.5. The summed E-state index contributed by atoms with van der Waals surface area (Å²) in [5.41, 5.74) is 1.18. The molecule has 2 nitrogen and oxygen atoms in total. The van der Waals surface area contributed by atoms with E-state index in [1.165, 1.54) is 18.4 Å². The molecule has 17 heavy (non-hydrogen) atoms. The summed E-state index contributed by atoms with van der Waals surface area (Å²) in [6, 6.07) is 8.31. The minimum absolute atomic E-state index is 0.322. The highest BCUT2D eigenvalue weighted by molar-refractivity contribution is 6.30. The lowest BCUT2D eigenvalue weighted by molar-refractivity contribution is -0.133. The Morgan fingerprint density at radius 3 is 2.35 bits per heavy atom. The van der Waals surface area contributed by atoms with Gasteiger partial charge in [-0.1, -0.05) is 23.7 Å². The Kier molecular flexibility index (Phi) is 2.83. The summed E-state index contributed by atoms with van der Waals surface area (Å²) in [7, 11) is 0. The van der Waals surface area contributed by atoms with E-state index in [1.54, 1.807) is 0 Å². The molecule has 0 bridgehead atoms. The van der Waals surface area contributed by atoms with Crippen molar-refractivity contribution in [1.82, 2.24) is 4.90 Å². The number of hydrogen-bond acceptors (Lipinski definition) is 1. The first kappa shape index (κ1) is 11.1. The standard InChI is InChI=1S/C14H16ClNO/c15-12-5-1-10(2-6-12)9-16(13-7-8-13)14(17)11-3-4-11/h1-2,5-6,11,13H,3-4,7-9H2. The molecule has 0 N–H and O–H groups in total. The van der Waals surface area contributed by atoms with E-state index < -0.39 is 0 Å². The monoisotopic (exact) mass is 249 g/mol. The van der Waals surface area contributed by atoms with E-state index >= 15 is 0 Å². The van der Waals surface area contributed by atoms with Gasteiger partial charge in [0.1, 0.15) is 0 Å². The van der Waals surface area contributed by atoms with Gasteiger partial charge in [-0.25, -0.2) is 0 Å². The fourth-order valence-corrected chi connectivity index (χ4v) is 2.25. The van der Waals surface area contributed by atoms with E-state index in [2.05, 4.69) is 4.90 Å². The lowest BCUT2D eigenvalue weighted by Crippen LogP contribution is -2.33. The van der Waals surface area contributed by atoms with E-state index in [9.17, 15) is 4.79 Å². The SMILES string of the molecule is O=C(C1CC1)N(Cc1ccc(Cl)cc1)C1CC1. The minimum Gasteiger partial charge on any atom is -0.335 e. The summed E-state index contributed by atoms with van der Waals surface area (Å²) >= 11 is 5.87. The summed E-state index contributed by atoms with van der Waals surface area (Å²) in [5, 5.41) is 0.750. The molecule has 0 atom stereocenters. The van der Waals surface area contributed by atoms with Crippen molar-refractivity contribution in [3.63, 3.8) is 0 Å². The molecule has 1 aromatic carbocycles. The number of carbonyl (C=O) groups is 1. The zero-order valence-electron chi connectivity index (χ0n) is 9.73. The van der Waals surface area contributed by atoms with E-state index in [-0.39, 0.29) is 0 Å². The second kappa shape index (κ2) is 4.34. The third-order valence-corrected chi connectivity index (χ3v) is 3.72. The molecule has 0 aliphatic heterocycles. The maximum atomic E-state index is 12.2. The number of carbonyl (C=O) groups excluding carboxylic acids is 1. The van der Waals surface area contributed by atoms with Crippen molar-refractivity contribution in [3.05, 3.63) is 34.9 Å². The Morgan fingerprint density at radius 2 is 1.82 bits per heavy atom. The van der Waals surface area contributed by atoms with Crippen LogP contribution in [0.4, 0.5) is 0 Å². The second-order valence-corrected chi connectivity index (χ2v) is 5.53. The lowest BCUT2D eigenvalue weighted by Gasteiger charge is -2.22. The first-order valence-corrected chi connectivity index (χ1v) is 6.67. The molecule has 0 radical (unpaired) electrons. The van der Waals surface area contributed by atoms with Crippen LogP contribution in [-0.2, 0) is 11.3 Å². The summed E-state index contributed by atoms with van der Waals surface area (Å²) in [5.74, 6) is 0.686. The normalized spacial score (nSPS) is 19.1. The highest BCUT2D eigenvalue weighted by Gasteiger charge is 2.39. The van der Waals surface area contributed by atoms with Gasteiger partial charge in [-0.15, -0.1) is 0 Å². The molecule has 0 heterocycles. The van der Waals surface area contributed by atoms with Crippen LogP contribution in [0.25, 0.3) is 0 Å². The van der Waals surface area contributed by atoms with Crippen LogP contribution < -0.4 is 0 Å². The van der Waals surface area contributed by atoms with Gasteiger partial charge in [0.05, 0.1) is 0 Å². The first-order chi connectivity index (χ1) is 8.24. The van der Waals surface area contributed by atoms with E-state index in [1.807, 2.05) is 24.3 Å². The molecule has 2 aliphatic rings. The van der Waals surface area contributed by atoms with E-state index in [0.717, 1.165) is 24.4 Å². The van der Waals surface area contributed by atoms with Crippen molar-refractivity contribution in [3.8, 4) is 0 Å². The smallest absolute Gasteiger partial charge is 0.226 e. The minimum atomic E-state index is 0.322. The third kappa shape index (κ3) is 2.63. The zero-order chi connectivity index (χ0) is 11.8. The molecular weight excluding hydrogens is 234 g/mol. The van der Waals surface area contributed by atoms with E-state index in [4.69, 9.17) is 11.6 Å². The van der Waals surface area contributed by atoms with Crippen LogP contribution in [-0.4, -0.2) is 16.8 Å². The zero-order valence-corrected chi connectivity index (χ0v) is 10.5. The second-order valence-electron chi connectivity index (χ2n) is 5.10. The van der Waals surface area contributed by atoms with Crippen molar-refractivity contribution >= 4 is 17.5 Å². The average Bonchev–Trinajstić information content (AvgIpc) is 3.18. The molecule has 1 aromatic rings. The Balaban J connectivity index is 1.71. The van der Waals surface area contributed by atoms with Crippen molar-refractivity contribution < 1.29 is 4.79 Å². The van der Waals surface area contributed by atoms with Crippen molar-refractivity contribution in [2.45, 2.75) is 38.3 Å². The molecule has 3 rings (SSSR count). The van der Waals surface area contributed by atoms with Gasteiger partial charge in [-0.05, 0) is 43.4 Å². The Hall–Kier alpha value is -1.02. The molecule has 0 spiro atoms. The topological polar surface area (TPSA) is 20.3 Å². The molecular formula is C14H16ClNO. The van der Waals surface area contributed by atoms with Crippen LogP contribution >= 0.6 is 11.6 Å². The number of amides is 1. The molecule has 2 saturated carbocycles. The van der Waals surface area contributed by atoms with Gasteiger partial charge >= 0.3 is 0 Å². The quantitative estimate of drug-likeness (QED) is 0.802. The predicted octanol–water partition coefficient (Wildman–Crippen LogP) is 3.24. The summed E-state index contributed by atoms with van der Waals surface area (Å²) in [6.07, 6.45) is 4.52. The number of benzene rings is 1. The van der Waals surface area contributed by atoms with Crippen LogP contribution in [0.15, 0.2) is 24.3 Å². The van der Waals surface area contributed by atoms with Crippen LogP contribution in [0.1, 0.15) is 31.2 Å². The van der Waals surface area contributed by atoms with Crippen LogP contribution in [0, 0.1) is 5.92 Å². The lowest BCUT2D eigenvalue weighted by atomic mass is 10.2. The summed E-state index contributed by atoms with van der Waals surface area (Å²) in [4.78, 5) is 14.2. The number of nitrogens with zero attached hydrogens (tertiary/aromatic N) is 1.